The Morgan fingerprint density at radius 2 is 1.67 bits per heavy atom. The predicted molar refractivity (Wildman–Crippen MR) is 114 cm³/mol. The molecule has 27 heavy (non-hydrogen) atoms. The fraction of sp³-hybridized carbons (Fsp3) is 0.458. The van der Waals surface area contributed by atoms with Crippen LogP contribution in [-0.2, 0) is 6.61 Å². The molecule has 2 aromatic rings. The quantitative estimate of drug-likeness (QED) is 0.594. The number of pyridine rings is 1. The van der Waals surface area contributed by atoms with Gasteiger partial charge in [0, 0.05) is 16.8 Å². The van der Waals surface area contributed by atoms with E-state index in [1.807, 2.05) is 12.1 Å². The maximum Gasteiger partial charge on any atom is 0.118 e. The van der Waals surface area contributed by atoms with Crippen LogP contribution >= 0.6 is 0 Å². The highest BCUT2D eigenvalue weighted by Gasteiger charge is 2.22. The third kappa shape index (κ3) is 4.78. The normalized spacial score (nSPS) is 11.7. The molecule has 0 aliphatic heterocycles. The van der Waals surface area contributed by atoms with E-state index in [2.05, 4.69) is 58.9 Å². The molecule has 0 radical (unpaired) electrons. The van der Waals surface area contributed by atoms with Crippen LogP contribution in [0.1, 0.15) is 81.8 Å². The Kier molecular flexibility index (Phi) is 7.61. The minimum Gasteiger partial charge on any atom is -0.497 e. The van der Waals surface area contributed by atoms with Gasteiger partial charge in [0.05, 0.1) is 19.4 Å². The third-order valence-corrected chi connectivity index (χ3v) is 4.77. The topological polar surface area (TPSA) is 42.4 Å². The van der Waals surface area contributed by atoms with Crippen molar-refractivity contribution in [1.29, 1.82) is 0 Å². The monoisotopic (exact) mass is 367 g/mol. The predicted octanol–water partition coefficient (Wildman–Crippen LogP) is 6.31. The number of aliphatic hydroxyl groups is 1. The summed E-state index contributed by atoms with van der Waals surface area (Å²) >= 11 is 0. The van der Waals surface area contributed by atoms with Gasteiger partial charge in [-0.05, 0) is 41.5 Å². The van der Waals surface area contributed by atoms with E-state index in [1.165, 1.54) is 0 Å². The van der Waals surface area contributed by atoms with Gasteiger partial charge in [-0.1, -0.05) is 65.3 Å². The van der Waals surface area contributed by atoms with Crippen molar-refractivity contribution in [2.24, 2.45) is 0 Å². The molecule has 1 aromatic carbocycles. The summed E-state index contributed by atoms with van der Waals surface area (Å²) in [5, 5.41) is 10.2. The van der Waals surface area contributed by atoms with Gasteiger partial charge < -0.3 is 9.84 Å². The number of hydrogen-bond donors (Lipinski definition) is 1. The molecule has 0 spiro atoms. The summed E-state index contributed by atoms with van der Waals surface area (Å²) in [6, 6.07) is 8.08. The molecule has 1 aromatic heterocycles. The molecule has 2 rings (SSSR count). The van der Waals surface area contributed by atoms with Crippen LogP contribution in [0.25, 0.3) is 17.2 Å². The van der Waals surface area contributed by atoms with Crippen molar-refractivity contribution in [2.45, 2.75) is 65.9 Å². The standard InChI is InChI=1S/C24H33NO2/c1-7-8-9-10-20-22(18-11-13-19(27-6)14-12-18)21(15-26)24(17(4)5)25-23(20)16(2)3/h9-14,16-17,26H,7-8,15H2,1-6H3/b10-9+. The van der Waals surface area contributed by atoms with Gasteiger partial charge in [0.15, 0.2) is 0 Å². The third-order valence-electron chi connectivity index (χ3n) is 4.77. The Bertz CT molecular complexity index is 774. The highest BCUT2D eigenvalue weighted by Crippen LogP contribution is 2.37. The van der Waals surface area contributed by atoms with Crippen molar-refractivity contribution in [1.82, 2.24) is 4.98 Å². The lowest BCUT2D eigenvalue weighted by molar-refractivity contribution is 0.280. The summed E-state index contributed by atoms with van der Waals surface area (Å²) in [5.41, 5.74) is 6.30. The van der Waals surface area contributed by atoms with Gasteiger partial charge in [-0.2, -0.15) is 0 Å². The van der Waals surface area contributed by atoms with Gasteiger partial charge in [0.1, 0.15) is 5.75 Å². The molecule has 0 fully saturated rings. The van der Waals surface area contributed by atoms with E-state index in [4.69, 9.17) is 9.72 Å². The molecule has 3 heteroatoms. The van der Waals surface area contributed by atoms with E-state index in [0.29, 0.717) is 5.92 Å². The van der Waals surface area contributed by atoms with Crippen LogP contribution in [-0.4, -0.2) is 17.2 Å². The molecular formula is C24H33NO2. The van der Waals surface area contributed by atoms with Crippen LogP contribution in [0.15, 0.2) is 30.3 Å². The first-order valence-electron chi connectivity index (χ1n) is 9.92. The van der Waals surface area contributed by atoms with Crippen molar-refractivity contribution < 1.29 is 9.84 Å². The van der Waals surface area contributed by atoms with E-state index < -0.39 is 0 Å². The number of ether oxygens (including phenoxy) is 1. The zero-order valence-corrected chi connectivity index (χ0v) is 17.5. The second kappa shape index (κ2) is 9.70. The lowest BCUT2D eigenvalue weighted by Crippen LogP contribution is -2.10. The Morgan fingerprint density at radius 1 is 1.04 bits per heavy atom. The molecule has 3 nitrogen and oxygen atoms in total. The van der Waals surface area contributed by atoms with Crippen molar-refractivity contribution >= 4 is 6.08 Å². The van der Waals surface area contributed by atoms with E-state index >= 15 is 0 Å². The van der Waals surface area contributed by atoms with Gasteiger partial charge >= 0.3 is 0 Å². The minimum absolute atomic E-state index is 0.0190. The zero-order valence-electron chi connectivity index (χ0n) is 17.5. The summed E-state index contributed by atoms with van der Waals surface area (Å²) in [4.78, 5) is 5.01. The van der Waals surface area contributed by atoms with E-state index in [0.717, 1.165) is 52.2 Å². The van der Waals surface area contributed by atoms with Crippen LogP contribution in [0.2, 0.25) is 0 Å². The Balaban J connectivity index is 2.84. The molecule has 146 valence electrons. The molecule has 0 aliphatic rings. The van der Waals surface area contributed by atoms with Crippen molar-refractivity contribution in [3.63, 3.8) is 0 Å². The number of allylic oxidation sites excluding steroid dienone is 1. The SMILES string of the molecule is CCC/C=C/c1c(C(C)C)nc(C(C)C)c(CO)c1-c1ccc(OC)cc1. The minimum atomic E-state index is -0.0190. The van der Waals surface area contributed by atoms with Crippen molar-refractivity contribution in [3.05, 3.63) is 52.9 Å². The molecule has 1 N–H and O–H groups in total. The lowest BCUT2D eigenvalue weighted by atomic mass is 9.87. The summed E-state index contributed by atoms with van der Waals surface area (Å²) in [6.07, 6.45) is 6.54. The Morgan fingerprint density at radius 3 is 2.15 bits per heavy atom. The average Bonchev–Trinajstić information content (AvgIpc) is 2.67. The fourth-order valence-corrected chi connectivity index (χ4v) is 3.38. The summed E-state index contributed by atoms with van der Waals surface area (Å²) in [6.45, 7) is 10.8. The van der Waals surface area contributed by atoms with E-state index in [-0.39, 0.29) is 12.5 Å². The molecule has 0 unspecified atom stereocenters. The maximum atomic E-state index is 10.2. The maximum absolute atomic E-state index is 10.2. The Hall–Kier alpha value is -2.13. The first kappa shape index (κ1) is 21.2. The molecule has 0 aliphatic carbocycles. The number of methoxy groups -OCH3 is 1. The summed E-state index contributed by atoms with van der Waals surface area (Å²) in [5.74, 6) is 1.37. The van der Waals surface area contributed by atoms with Gasteiger partial charge in [0.2, 0.25) is 0 Å². The summed E-state index contributed by atoms with van der Waals surface area (Å²) in [7, 11) is 1.67. The highest BCUT2D eigenvalue weighted by molar-refractivity contribution is 5.80. The van der Waals surface area contributed by atoms with Crippen LogP contribution in [0.4, 0.5) is 0 Å². The molecule has 1 heterocycles. The fourth-order valence-electron chi connectivity index (χ4n) is 3.38. The second-order valence-corrected chi connectivity index (χ2v) is 7.54. The number of benzene rings is 1. The number of aliphatic hydroxyl groups excluding tert-OH is 1. The largest absolute Gasteiger partial charge is 0.497 e. The van der Waals surface area contributed by atoms with Crippen LogP contribution in [0.5, 0.6) is 5.75 Å². The number of aromatic nitrogens is 1. The lowest BCUT2D eigenvalue weighted by Gasteiger charge is -2.23. The number of rotatable bonds is 8. The van der Waals surface area contributed by atoms with E-state index in [1.54, 1.807) is 7.11 Å². The number of hydrogen-bond acceptors (Lipinski definition) is 3. The Labute approximate surface area is 164 Å². The first-order valence-corrected chi connectivity index (χ1v) is 9.92. The number of nitrogens with zero attached hydrogens (tertiary/aromatic N) is 1. The molecule has 0 saturated carbocycles. The second-order valence-electron chi connectivity index (χ2n) is 7.54. The van der Waals surface area contributed by atoms with Crippen molar-refractivity contribution in [2.75, 3.05) is 7.11 Å². The molecule has 0 atom stereocenters. The van der Waals surface area contributed by atoms with Gasteiger partial charge in [0.25, 0.3) is 0 Å². The smallest absolute Gasteiger partial charge is 0.118 e. The highest BCUT2D eigenvalue weighted by atomic mass is 16.5. The molecular weight excluding hydrogens is 334 g/mol. The zero-order chi connectivity index (χ0) is 20.0. The molecule has 0 saturated heterocycles. The average molecular weight is 368 g/mol. The van der Waals surface area contributed by atoms with Crippen LogP contribution < -0.4 is 4.74 Å². The van der Waals surface area contributed by atoms with Crippen molar-refractivity contribution in [3.8, 4) is 16.9 Å². The first-order chi connectivity index (χ1) is 12.9. The van der Waals surface area contributed by atoms with Crippen LogP contribution in [0, 0.1) is 0 Å². The van der Waals surface area contributed by atoms with Gasteiger partial charge in [-0.25, -0.2) is 0 Å². The van der Waals surface area contributed by atoms with Gasteiger partial charge in [-0.3, -0.25) is 4.98 Å². The number of unbranched alkanes of at least 4 members (excludes halogenated alkanes) is 1. The molecule has 0 amide bonds. The van der Waals surface area contributed by atoms with Gasteiger partial charge in [-0.15, -0.1) is 0 Å². The van der Waals surface area contributed by atoms with E-state index in [9.17, 15) is 5.11 Å². The van der Waals surface area contributed by atoms with Crippen LogP contribution in [0.3, 0.4) is 0 Å². The summed E-state index contributed by atoms with van der Waals surface area (Å²) < 4.78 is 5.32. The molecule has 0 bridgehead atoms.